The third-order valence-electron chi connectivity index (χ3n) is 1.47. The lowest BCUT2D eigenvalue weighted by molar-refractivity contribution is 0.165. The van der Waals surface area contributed by atoms with Gasteiger partial charge in [0.25, 0.3) is 0 Å². The Balaban J connectivity index is 2.84. The van der Waals surface area contributed by atoms with E-state index >= 15 is 0 Å². The van der Waals surface area contributed by atoms with Crippen LogP contribution in [0, 0.1) is 0 Å². The van der Waals surface area contributed by atoms with Crippen molar-refractivity contribution in [2.75, 3.05) is 0 Å². The van der Waals surface area contributed by atoms with Gasteiger partial charge in [-0.1, -0.05) is 11.6 Å². The predicted molar refractivity (Wildman–Crippen MR) is 47.9 cm³/mol. The molecule has 2 atom stereocenters. The zero-order chi connectivity index (χ0) is 8.43. The molecule has 0 aliphatic rings. The van der Waals surface area contributed by atoms with E-state index in [4.69, 9.17) is 22.4 Å². The molecule has 1 aromatic rings. The van der Waals surface area contributed by atoms with Crippen LogP contribution in [0.1, 0.15) is 17.8 Å². The topological polar surface area (TPSA) is 46.2 Å². The first-order valence-electron chi connectivity index (χ1n) is 3.29. The standard InChI is InChI=1S/C7H10ClNOS/c1-4(10)6(9)7-5(8)2-3-11-7/h2-4,6,10H,9H2,1H3/t4-,6-/m0/s1. The highest BCUT2D eigenvalue weighted by Gasteiger charge is 2.15. The number of hydrogen-bond donors (Lipinski definition) is 2. The summed E-state index contributed by atoms with van der Waals surface area (Å²) in [5, 5.41) is 11.6. The highest BCUT2D eigenvalue weighted by atomic mass is 35.5. The summed E-state index contributed by atoms with van der Waals surface area (Å²) in [5.74, 6) is 0. The fourth-order valence-electron chi connectivity index (χ4n) is 0.762. The van der Waals surface area contributed by atoms with Crippen molar-refractivity contribution in [3.05, 3.63) is 21.3 Å². The molecule has 0 unspecified atom stereocenters. The highest BCUT2D eigenvalue weighted by Crippen LogP contribution is 2.28. The van der Waals surface area contributed by atoms with E-state index < -0.39 is 6.10 Å². The minimum Gasteiger partial charge on any atom is -0.391 e. The Morgan fingerprint density at radius 1 is 1.73 bits per heavy atom. The number of halogens is 1. The lowest BCUT2D eigenvalue weighted by atomic mass is 10.1. The van der Waals surface area contributed by atoms with E-state index in [-0.39, 0.29) is 6.04 Å². The lowest BCUT2D eigenvalue weighted by Gasteiger charge is -2.12. The zero-order valence-electron chi connectivity index (χ0n) is 6.12. The van der Waals surface area contributed by atoms with Gasteiger partial charge in [0.1, 0.15) is 0 Å². The van der Waals surface area contributed by atoms with E-state index in [1.54, 1.807) is 13.0 Å². The third kappa shape index (κ3) is 1.93. The summed E-state index contributed by atoms with van der Waals surface area (Å²) in [6.45, 7) is 1.65. The molecular formula is C7H10ClNOS. The SMILES string of the molecule is C[C@H](O)[C@H](N)c1sccc1Cl. The van der Waals surface area contributed by atoms with Gasteiger partial charge >= 0.3 is 0 Å². The van der Waals surface area contributed by atoms with E-state index in [1.165, 1.54) is 11.3 Å². The van der Waals surface area contributed by atoms with Gasteiger partial charge in [0.05, 0.1) is 17.2 Å². The van der Waals surface area contributed by atoms with Crippen LogP contribution in [-0.4, -0.2) is 11.2 Å². The number of hydrogen-bond acceptors (Lipinski definition) is 3. The molecule has 1 aromatic heterocycles. The summed E-state index contributed by atoms with van der Waals surface area (Å²) in [5.41, 5.74) is 5.66. The third-order valence-corrected chi connectivity index (χ3v) is 2.93. The smallest absolute Gasteiger partial charge is 0.0713 e. The molecule has 0 aliphatic carbocycles. The lowest BCUT2D eigenvalue weighted by Crippen LogP contribution is -2.22. The second kappa shape index (κ2) is 3.54. The highest BCUT2D eigenvalue weighted by molar-refractivity contribution is 7.10. The Bertz CT molecular complexity index is 236. The zero-order valence-corrected chi connectivity index (χ0v) is 7.69. The monoisotopic (exact) mass is 191 g/mol. The van der Waals surface area contributed by atoms with Crippen LogP contribution < -0.4 is 5.73 Å². The molecule has 11 heavy (non-hydrogen) atoms. The van der Waals surface area contributed by atoms with Crippen LogP contribution in [0.2, 0.25) is 5.02 Å². The summed E-state index contributed by atoms with van der Waals surface area (Å²) in [6.07, 6.45) is -0.550. The van der Waals surface area contributed by atoms with Gasteiger partial charge in [-0.25, -0.2) is 0 Å². The van der Waals surface area contributed by atoms with Crippen molar-refractivity contribution < 1.29 is 5.11 Å². The molecule has 1 rings (SSSR count). The largest absolute Gasteiger partial charge is 0.391 e. The second-order valence-electron chi connectivity index (χ2n) is 2.40. The molecule has 0 saturated carbocycles. The molecule has 0 spiro atoms. The molecule has 0 radical (unpaired) electrons. The van der Waals surface area contributed by atoms with Crippen molar-refractivity contribution in [2.45, 2.75) is 19.1 Å². The predicted octanol–water partition coefficient (Wildman–Crippen LogP) is 1.78. The summed E-state index contributed by atoms with van der Waals surface area (Å²) in [7, 11) is 0. The van der Waals surface area contributed by atoms with Gasteiger partial charge in [-0.15, -0.1) is 11.3 Å². The van der Waals surface area contributed by atoms with Crippen molar-refractivity contribution >= 4 is 22.9 Å². The summed E-state index contributed by atoms with van der Waals surface area (Å²) in [4.78, 5) is 0.849. The van der Waals surface area contributed by atoms with Crippen molar-refractivity contribution in [1.29, 1.82) is 0 Å². The molecule has 0 saturated heterocycles. The van der Waals surface area contributed by atoms with Crippen LogP contribution in [0.15, 0.2) is 11.4 Å². The Labute approximate surface area is 74.6 Å². The minimum absolute atomic E-state index is 0.359. The number of aliphatic hydroxyl groups is 1. The maximum atomic E-state index is 9.14. The normalized spacial score (nSPS) is 16.4. The van der Waals surface area contributed by atoms with E-state index in [2.05, 4.69) is 0 Å². The van der Waals surface area contributed by atoms with Gasteiger partial charge in [-0.3, -0.25) is 0 Å². The maximum Gasteiger partial charge on any atom is 0.0713 e. The van der Waals surface area contributed by atoms with E-state index in [0.29, 0.717) is 5.02 Å². The van der Waals surface area contributed by atoms with Crippen LogP contribution in [0.5, 0.6) is 0 Å². The molecular weight excluding hydrogens is 182 g/mol. The Kier molecular flexibility index (Phi) is 2.90. The molecule has 1 heterocycles. The molecule has 0 fully saturated rings. The molecule has 2 nitrogen and oxygen atoms in total. The van der Waals surface area contributed by atoms with Crippen LogP contribution in [-0.2, 0) is 0 Å². The Hall–Kier alpha value is -0.0900. The van der Waals surface area contributed by atoms with Crippen LogP contribution in [0.4, 0.5) is 0 Å². The minimum atomic E-state index is -0.550. The number of thiophene rings is 1. The van der Waals surface area contributed by atoms with Gasteiger partial charge in [-0.05, 0) is 18.4 Å². The van der Waals surface area contributed by atoms with E-state index in [9.17, 15) is 0 Å². The van der Waals surface area contributed by atoms with Gasteiger partial charge in [0.15, 0.2) is 0 Å². The molecule has 0 aliphatic heterocycles. The first kappa shape index (κ1) is 9.00. The quantitative estimate of drug-likeness (QED) is 0.749. The molecule has 0 aromatic carbocycles. The van der Waals surface area contributed by atoms with Crippen LogP contribution in [0.3, 0.4) is 0 Å². The fourth-order valence-corrected chi connectivity index (χ4v) is 2.05. The van der Waals surface area contributed by atoms with Crippen molar-refractivity contribution in [2.24, 2.45) is 5.73 Å². The maximum absolute atomic E-state index is 9.14. The number of nitrogens with two attached hydrogens (primary N) is 1. The first-order valence-corrected chi connectivity index (χ1v) is 4.55. The molecule has 62 valence electrons. The summed E-state index contributed by atoms with van der Waals surface area (Å²) in [6, 6.07) is 1.42. The van der Waals surface area contributed by atoms with Crippen molar-refractivity contribution in [3.63, 3.8) is 0 Å². The van der Waals surface area contributed by atoms with Crippen LogP contribution >= 0.6 is 22.9 Å². The Morgan fingerprint density at radius 2 is 2.36 bits per heavy atom. The van der Waals surface area contributed by atoms with Gasteiger partial charge in [0.2, 0.25) is 0 Å². The van der Waals surface area contributed by atoms with Crippen molar-refractivity contribution in [3.8, 4) is 0 Å². The fraction of sp³-hybridized carbons (Fsp3) is 0.429. The summed E-state index contributed by atoms with van der Waals surface area (Å²) >= 11 is 7.27. The molecule has 0 bridgehead atoms. The van der Waals surface area contributed by atoms with E-state index in [1.807, 2.05) is 5.38 Å². The van der Waals surface area contributed by atoms with Crippen molar-refractivity contribution in [1.82, 2.24) is 0 Å². The van der Waals surface area contributed by atoms with E-state index in [0.717, 1.165) is 4.88 Å². The number of rotatable bonds is 2. The summed E-state index contributed by atoms with van der Waals surface area (Å²) < 4.78 is 0. The van der Waals surface area contributed by atoms with Gasteiger partial charge in [-0.2, -0.15) is 0 Å². The molecule has 3 N–H and O–H groups in total. The van der Waals surface area contributed by atoms with Crippen LogP contribution in [0.25, 0.3) is 0 Å². The number of aliphatic hydroxyl groups excluding tert-OH is 1. The second-order valence-corrected chi connectivity index (χ2v) is 3.75. The average molecular weight is 192 g/mol. The van der Waals surface area contributed by atoms with Gasteiger partial charge < -0.3 is 10.8 Å². The van der Waals surface area contributed by atoms with Gasteiger partial charge in [0, 0.05) is 4.88 Å². The molecule has 0 amide bonds. The first-order chi connectivity index (χ1) is 5.13. The Morgan fingerprint density at radius 3 is 2.73 bits per heavy atom. The molecule has 4 heteroatoms. The average Bonchev–Trinajstić information content (AvgIpc) is 2.33.